The molecule has 0 N–H and O–H groups in total. The molecule has 0 atom stereocenters. The van der Waals surface area contributed by atoms with Gasteiger partial charge in [0.25, 0.3) is 0 Å². The maximum atomic E-state index is 12.5. The second kappa shape index (κ2) is 9.51. The SMILES string of the molecule is CCOc1ccc(C(=O)C=Cc2cccc(OC)c2OC)cc1OCC. The van der Waals surface area contributed by atoms with Crippen LogP contribution in [0.2, 0.25) is 0 Å². The summed E-state index contributed by atoms with van der Waals surface area (Å²) in [6.07, 6.45) is 3.21. The Labute approximate surface area is 154 Å². The lowest BCUT2D eigenvalue weighted by molar-refractivity contribution is 0.104. The summed E-state index contributed by atoms with van der Waals surface area (Å²) in [6.45, 7) is 4.82. The van der Waals surface area contributed by atoms with Crippen LogP contribution in [0.4, 0.5) is 0 Å². The van der Waals surface area contributed by atoms with Crippen LogP contribution in [-0.2, 0) is 0 Å². The fourth-order valence-electron chi connectivity index (χ4n) is 2.51. The summed E-state index contributed by atoms with van der Waals surface area (Å²) in [4.78, 5) is 12.5. The average Bonchev–Trinajstić information content (AvgIpc) is 2.67. The minimum absolute atomic E-state index is 0.140. The fraction of sp³-hybridized carbons (Fsp3) is 0.286. The molecule has 138 valence electrons. The van der Waals surface area contributed by atoms with Gasteiger partial charge in [0.15, 0.2) is 28.8 Å². The third-order valence-corrected chi connectivity index (χ3v) is 3.68. The van der Waals surface area contributed by atoms with Crippen molar-refractivity contribution in [2.75, 3.05) is 27.4 Å². The van der Waals surface area contributed by atoms with Crippen LogP contribution in [0.25, 0.3) is 6.08 Å². The van der Waals surface area contributed by atoms with Crippen LogP contribution in [0.1, 0.15) is 29.8 Å². The van der Waals surface area contributed by atoms with Gasteiger partial charge in [-0.25, -0.2) is 0 Å². The molecule has 0 fully saturated rings. The molecule has 0 aromatic heterocycles. The van der Waals surface area contributed by atoms with Crippen LogP contribution in [0, 0.1) is 0 Å². The number of ether oxygens (including phenoxy) is 4. The first-order valence-electron chi connectivity index (χ1n) is 8.47. The quantitative estimate of drug-likeness (QED) is 0.492. The molecule has 2 rings (SSSR count). The van der Waals surface area contributed by atoms with Crippen LogP contribution in [0.5, 0.6) is 23.0 Å². The van der Waals surface area contributed by atoms with E-state index in [9.17, 15) is 4.79 Å². The van der Waals surface area contributed by atoms with Crippen LogP contribution in [0.3, 0.4) is 0 Å². The summed E-state index contributed by atoms with van der Waals surface area (Å²) in [5.41, 5.74) is 1.28. The van der Waals surface area contributed by atoms with E-state index < -0.39 is 0 Å². The zero-order valence-corrected chi connectivity index (χ0v) is 15.6. The molecule has 0 heterocycles. The van der Waals surface area contributed by atoms with Gasteiger partial charge in [0.2, 0.25) is 0 Å². The summed E-state index contributed by atoms with van der Waals surface area (Å²) >= 11 is 0. The Balaban J connectivity index is 2.27. The first-order chi connectivity index (χ1) is 12.6. The number of hydrogen-bond acceptors (Lipinski definition) is 5. The number of methoxy groups -OCH3 is 2. The van der Waals surface area contributed by atoms with Gasteiger partial charge in [-0.2, -0.15) is 0 Å². The van der Waals surface area contributed by atoms with E-state index in [0.717, 1.165) is 5.56 Å². The number of para-hydroxylation sites is 1. The van der Waals surface area contributed by atoms with E-state index >= 15 is 0 Å². The van der Waals surface area contributed by atoms with Gasteiger partial charge in [-0.15, -0.1) is 0 Å². The molecule has 5 nitrogen and oxygen atoms in total. The van der Waals surface area contributed by atoms with Gasteiger partial charge < -0.3 is 18.9 Å². The predicted octanol–water partition coefficient (Wildman–Crippen LogP) is 4.40. The third-order valence-electron chi connectivity index (χ3n) is 3.68. The van der Waals surface area contributed by atoms with Crippen LogP contribution in [0.15, 0.2) is 42.5 Å². The summed E-state index contributed by atoms with van der Waals surface area (Å²) in [6, 6.07) is 10.7. The topological polar surface area (TPSA) is 54.0 Å². The lowest BCUT2D eigenvalue weighted by atomic mass is 10.1. The van der Waals surface area contributed by atoms with E-state index in [1.54, 1.807) is 44.6 Å². The maximum Gasteiger partial charge on any atom is 0.185 e. The summed E-state index contributed by atoms with van der Waals surface area (Å²) < 4.78 is 21.7. The molecular formula is C21H24O5. The lowest BCUT2D eigenvalue weighted by Crippen LogP contribution is -2.01. The molecule has 2 aromatic rings. The molecule has 0 aliphatic heterocycles. The molecule has 0 saturated heterocycles. The fourth-order valence-corrected chi connectivity index (χ4v) is 2.51. The van der Waals surface area contributed by atoms with Gasteiger partial charge in [0, 0.05) is 11.1 Å². The highest BCUT2D eigenvalue weighted by Gasteiger charge is 2.11. The summed E-state index contributed by atoms with van der Waals surface area (Å²) in [7, 11) is 3.14. The highest BCUT2D eigenvalue weighted by Crippen LogP contribution is 2.32. The Hall–Kier alpha value is -2.95. The minimum Gasteiger partial charge on any atom is -0.493 e. The average molecular weight is 356 g/mol. The van der Waals surface area contributed by atoms with E-state index in [2.05, 4.69) is 0 Å². The highest BCUT2D eigenvalue weighted by molar-refractivity contribution is 6.07. The van der Waals surface area contributed by atoms with Crippen molar-refractivity contribution in [3.63, 3.8) is 0 Å². The maximum absolute atomic E-state index is 12.5. The monoisotopic (exact) mass is 356 g/mol. The Kier molecular flexibility index (Phi) is 7.09. The Morgan fingerprint density at radius 3 is 2.31 bits per heavy atom. The number of benzene rings is 2. The second-order valence-corrected chi connectivity index (χ2v) is 5.31. The third kappa shape index (κ3) is 4.57. The smallest absolute Gasteiger partial charge is 0.185 e. The van der Waals surface area contributed by atoms with Crippen LogP contribution >= 0.6 is 0 Å². The molecule has 2 aromatic carbocycles. The minimum atomic E-state index is -0.140. The number of ketones is 1. The zero-order valence-electron chi connectivity index (χ0n) is 15.6. The van der Waals surface area contributed by atoms with Gasteiger partial charge in [-0.3, -0.25) is 4.79 Å². The first-order valence-corrected chi connectivity index (χ1v) is 8.47. The van der Waals surface area contributed by atoms with Crippen molar-refractivity contribution in [3.05, 3.63) is 53.6 Å². The summed E-state index contributed by atoms with van der Waals surface area (Å²) in [5, 5.41) is 0. The Morgan fingerprint density at radius 1 is 0.923 bits per heavy atom. The molecule has 0 aliphatic carbocycles. The molecule has 0 unspecified atom stereocenters. The molecule has 0 bridgehead atoms. The predicted molar refractivity (Wildman–Crippen MR) is 102 cm³/mol. The van der Waals surface area contributed by atoms with E-state index in [-0.39, 0.29) is 5.78 Å². The van der Waals surface area contributed by atoms with Gasteiger partial charge in [0.05, 0.1) is 27.4 Å². The van der Waals surface area contributed by atoms with Crippen LogP contribution < -0.4 is 18.9 Å². The Morgan fingerprint density at radius 2 is 1.65 bits per heavy atom. The molecule has 0 amide bonds. The van der Waals surface area contributed by atoms with E-state index in [1.807, 2.05) is 26.0 Å². The van der Waals surface area contributed by atoms with E-state index in [1.165, 1.54) is 6.08 Å². The summed E-state index contributed by atoms with van der Waals surface area (Å²) in [5.74, 6) is 2.25. The van der Waals surface area contributed by atoms with Gasteiger partial charge in [0.1, 0.15) is 0 Å². The molecule has 26 heavy (non-hydrogen) atoms. The number of hydrogen-bond donors (Lipinski definition) is 0. The molecule has 5 heteroatoms. The normalized spacial score (nSPS) is 10.6. The van der Waals surface area contributed by atoms with Crippen molar-refractivity contribution < 1.29 is 23.7 Å². The number of carbonyl (C=O) groups is 1. The molecule has 0 aliphatic rings. The van der Waals surface area contributed by atoms with Crippen molar-refractivity contribution in [2.45, 2.75) is 13.8 Å². The van der Waals surface area contributed by atoms with Gasteiger partial charge in [-0.1, -0.05) is 12.1 Å². The first kappa shape index (κ1) is 19.4. The number of rotatable bonds is 9. The van der Waals surface area contributed by atoms with Crippen molar-refractivity contribution in [3.8, 4) is 23.0 Å². The molecular weight excluding hydrogens is 332 g/mol. The van der Waals surface area contributed by atoms with Gasteiger partial charge in [-0.05, 0) is 50.3 Å². The molecule has 0 saturated carbocycles. The lowest BCUT2D eigenvalue weighted by Gasteiger charge is -2.11. The standard InChI is InChI=1S/C21H24O5/c1-5-25-18-13-11-16(14-20(18)26-6-2)17(22)12-10-15-8-7-9-19(23-3)21(15)24-4/h7-14H,5-6H2,1-4H3. The van der Waals surface area contributed by atoms with Gasteiger partial charge >= 0.3 is 0 Å². The Bertz CT molecular complexity index is 780. The van der Waals surface area contributed by atoms with Crippen molar-refractivity contribution >= 4 is 11.9 Å². The van der Waals surface area contributed by atoms with E-state index in [0.29, 0.717) is 41.8 Å². The van der Waals surface area contributed by atoms with Crippen LogP contribution in [-0.4, -0.2) is 33.2 Å². The highest BCUT2D eigenvalue weighted by atomic mass is 16.5. The number of carbonyl (C=O) groups excluding carboxylic acids is 1. The van der Waals surface area contributed by atoms with Crippen molar-refractivity contribution in [1.29, 1.82) is 0 Å². The van der Waals surface area contributed by atoms with E-state index in [4.69, 9.17) is 18.9 Å². The zero-order chi connectivity index (χ0) is 18.9. The molecule has 0 spiro atoms. The number of allylic oxidation sites excluding steroid dienone is 1. The van der Waals surface area contributed by atoms with Crippen molar-refractivity contribution in [1.82, 2.24) is 0 Å². The van der Waals surface area contributed by atoms with Crippen molar-refractivity contribution in [2.24, 2.45) is 0 Å². The second-order valence-electron chi connectivity index (χ2n) is 5.31. The largest absolute Gasteiger partial charge is 0.493 e. The molecule has 0 radical (unpaired) electrons.